The van der Waals surface area contributed by atoms with Crippen LogP contribution in [-0.2, 0) is 21.2 Å². The largest absolute Gasteiger partial charge is 0.339 e. The second-order valence-corrected chi connectivity index (χ2v) is 10.9. The van der Waals surface area contributed by atoms with Crippen molar-refractivity contribution in [3.05, 3.63) is 95.0 Å². The molecule has 1 fully saturated rings. The second-order valence-electron chi connectivity index (χ2n) is 8.69. The van der Waals surface area contributed by atoms with Crippen LogP contribution in [0, 0.1) is 5.92 Å². The van der Waals surface area contributed by atoms with Gasteiger partial charge in [-0.3, -0.25) is 9.59 Å². The topological polar surface area (TPSA) is 95.6 Å². The van der Waals surface area contributed by atoms with E-state index in [-0.39, 0.29) is 22.6 Å². The van der Waals surface area contributed by atoms with E-state index >= 15 is 0 Å². The lowest BCUT2D eigenvalue weighted by molar-refractivity contribution is -0.121. The summed E-state index contributed by atoms with van der Waals surface area (Å²) in [6, 6.07) is 22.7. The van der Waals surface area contributed by atoms with E-state index in [1.54, 1.807) is 41.3 Å². The number of rotatable bonds is 8. The minimum Gasteiger partial charge on any atom is -0.339 e. The number of nitrogens with zero attached hydrogens (tertiary/aromatic N) is 1. The van der Waals surface area contributed by atoms with Crippen LogP contribution in [0.3, 0.4) is 0 Å². The van der Waals surface area contributed by atoms with Crippen LogP contribution in [-0.4, -0.2) is 44.8 Å². The molecule has 0 spiro atoms. The van der Waals surface area contributed by atoms with Crippen LogP contribution in [0.2, 0.25) is 5.02 Å². The predicted octanol–water partition coefficient (Wildman–Crippen LogP) is 4.35. The molecule has 0 aromatic heterocycles. The van der Waals surface area contributed by atoms with Gasteiger partial charge in [0.1, 0.15) is 0 Å². The molecule has 0 unspecified atom stereocenters. The molecule has 7 nitrogen and oxygen atoms in total. The van der Waals surface area contributed by atoms with Gasteiger partial charge in [-0.1, -0.05) is 54.1 Å². The molecule has 4 rings (SSSR count). The first-order chi connectivity index (χ1) is 17.3. The lowest BCUT2D eigenvalue weighted by atomic mass is 9.95. The average Bonchev–Trinajstić information content (AvgIpc) is 2.89. The van der Waals surface area contributed by atoms with Gasteiger partial charge in [0.2, 0.25) is 15.9 Å². The number of benzene rings is 3. The van der Waals surface area contributed by atoms with Crippen LogP contribution in [0.4, 0.5) is 5.69 Å². The van der Waals surface area contributed by atoms with Crippen molar-refractivity contribution >= 4 is 39.1 Å². The normalized spacial score (nSPS) is 14.4. The van der Waals surface area contributed by atoms with Crippen molar-refractivity contribution in [2.75, 3.05) is 25.0 Å². The maximum Gasteiger partial charge on any atom is 0.255 e. The summed E-state index contributed by atoms with van der Waals surface area (Å²) >= 11 is 6.14. The Bertz CT molecular complexity index is 1310. The molecule has 3 aromatic carbocycles. The highest BCUT2D eigenvalue weighted by molar-refractivity contribution is 7.89. The fraction of sp³-hybridized carbons (Fsp3) is 0.259. The van der Waals surface area contributed by atoms with Crippen molar-refractivity contribution in [1.82, 2.24) is 9.62 Å². The van der Waals surface area contributed by atoms with Crippen LogP contribution in [0.1, 0.15) is 28.8 Å². The quantitative estimate of drug-likeness (QED) is 0.457. The highest BCUT2D eigenvalue weighted by Gasteiger charge is 2.28. The zero-order chi connectivity index (χ0) is 25.5. The summed E-state index contributed by atoms with van der Waals surface area (Å²) in [7, 11) is -3.65. The molecule has 0 saturated carbocycles. The molecular weight excluding hydrogens is 498 g/mol. The number of halogens is 1. The summed E-state index contributed by atoms with van der Waals surface area (Å²) < 4.78 is 27.8. The summed E-state index contributed by atoms with van der Waals surface area (Å²) in [6.45, 7) is 1.23. The highest BCUT2D eigenvalue weighted by Crippen LogP contribution is 2.24. The molecule has 0 aliphatic carbocycles. The highest BCUT2D eigenvalue weighted by atomic mass is 35.5. The number of hydrogen-bond donors (Lipinski definition) is 2. The molecule has 0 bridgehead atoms. The third kappa shape index (κ3) is 6.51. The van der Waals surface area contributed by atoms with Crippen molar-refractivity contribution in [2.24, 2.45) is 5.92 Å². The third-order valence-electron chi connectivity index (χ3n) is 6.24. The Morgan fingerprint density at radius 3 is 2.19 bits per heavy atom. The Hall–Kier alpha value is -3.20. The molecule has 1 heterocycles. The first-order valence-electron chi connectivity index (χ1n) is 11.8. The van der Waals surface area contributed by atoms with Crippen LogP contribution in [0.5, 0.6) is 0 Å². The zero-order valence-corrected chi connectivity index (χ0v) is 21.3. The van der Waals surface area contributed by atoms with Gasteiger partial charge in [-0.05, 0) is 61.2 Å². The monoisotopic (exact) mass is 525 g/mol. The van der Waals surface area contributed by atoms with E-state index in [0.29, 0.717) is 55.2 Å². The molecule has 36 heavy (non-hydrogen) atoms. The summed E-state index contributed by atoms with van der Waals surface area (Å²) in [5.41, 5.74) is 2.04. The number of likely N-dealkylation sites (tertiary alicyclic amines) is 1. The van der Waals surface area contributed by atoms with Crippen molar-refractivity contribution in [3.63, 3.8) is 0 Å². The van der Waals surface area contributed by atoms with Gasteiger partial charge in [0.05, 0.1) is 15.5 Å². The smallest absolute Gasteiger partial charge is 0.255 e. The molecule has 2 N–H and O–H groups in total. The molecule has 2 amide bonds. The first kappa shape index (κ1) is 25.9. The van der Waals surface area contributed by atoms with Gasteiger partial charge in [-0.15, -0.1) is 0 Å². The van der Waals surface area contributed by atoms with E-state index in [0.717, 1.165) is 5.56 Å². The van der Waals surface area contributed by atoms with Gasteiger partial charge < -0.3 is 10.2 Å². The number of piperidine rings is 1. The summed E-state index contributed by atoms with van der Waals surface area (Å²) in [6.07, 6.45) is 1.68. The van der Waals surface area contributed by atoms with Gasteiger partial charge in [0, 0.05) is 31.2 Å². The molecule has 0 radical (unpaired) electrons. The van der Waals surface area contributed by atoms with Crippen molar-refractivity contribution in [1.29, 1.82) is 0 Å². The Morgan fingerprint density at radius 1 is 0.889 bits per heavy atom. The fourth-order valence-electron chi connectivity index (χ4n) is 4.17. The minimum absolute atomic E-state index is 0.131. The zero-order valence-electron chi connectivity index (χ0n) is 19.7. The van der Waals surface area contributed by atoms with E-state index in [1.165, 1.54) is 12.1 Å². The summed E-state index contributed by atoms with van der Waals surface area (Å²) in [5, 5.41) is 3.28. The third-order valence-corrected chi connectivity index (χ3v) is 8.04. The number of sulfonamides is 1. The van der Waals surface area contributed by atoms with Gasteiger partial charge in [-0.25, -0.2) is 13.1 Å². The Morgan fingerprint density at radius 2 is 1.53 bits per heavy atom. The van der Waals surface area contributed by atoms with E-state index in [2.05, 4.69) is 10.0 Å². The number of amides is 2. The molecule has 0 atom stereocenters. The molecule has 9 heteroatoms. The van der Waals surface area contributed by atoms with E-state index in [4.69, 9.17) is 11.6 Å². The number of anilines is 1. The maximum atomic E-state index is 12.8. The number of carbonyl (C=O) groups is 2. The van der Waals surface area contributed by atoms with Crippen molar-refractivity contribution < 1.29 is 18.0 Å². The van der Waals surface area contributed by atoms with Gasteiger partial charge >= 0.3 is 0 Å². The van der Waals surface area contributed by atoms with E-state index in [1.807, 2.05) is 30.3 Å². The minimum atomic E-state index is -3.65. The molecular formula is C27H28ClN3O4S. The molecule has 1 aliphatic heterocycles. The Kier molecular flexibility index (Phi) is 8.40. The van der Waals surface area contributed by atoms with Gasteiger partial charge in [0.25, 0.3) is 5.91 Å². The van der Waals surface area contributed by atoms with Crippen LogP contribution >= 0.6 is 11.6 Å². The lowest BCUT2D eigenvalue weighted by Gasteiger charge is -2.31. The number of hydrogen-bond acceptors (Lipinski definition) is 4. The van der Waals surface area contributed by atoms with E-state index < -0.39 is 10.0 Å². The molecule has 1 saturated heterocycles. The standard InChI is InChI=1S/C27H28ClN3O4S/c28-25-9-5-4-8-24(25)27(33)31-18-15-21(16-19-31)26(32)30-22-10-12-23(13-11-22)36(34,35)29-17-14-20-6-2-1-3-7-20/h1-13,21,29H,14-19H2,(H,30,32). The fourth-order valence-corrected chi connectivity index (χ4v) is 5.42. The van der Waals surface area contributed by atoms with Crippen LogP contribution in [0.15, 0.2) is 83.8 Å². The number of carbonyl (C=O) groups excluding carboxylic acids is 2. The summed E-state index contributed by atoms with van der Waals surface area (Å²) in [4.78, 5) is 27.3. The average molecular weight is 526 g/mol. The Balaban J connectivity index is 1.27. The van der Waals surface area contributed by atoms with E-state index in [9.17, 15) is 18.0 Å². The van der Waals surface area contributed by atoms with Gasteiger partial charge in [0.15, 0.2) is 0 Å². The van der Waals surface area contributed by atoms with Crippen LogP contribution in [0.25, 0.3) is 0 Å². The molecule has 3 aromatic rings. The lowest BCUT2D eigenvalue weighted by Crippen LogP contribution is -2.41. The SMILES string of the molecule is O=C(Nc1ccc(S(=O)(=O)NCCc2ccccc2)cc1)C1CCN(C(=O)c2ccccc2Cl)CC1. The predicted molar refractivity (Wildman–Crippen MR) is 140 cm³/mol. The van der Waals surface area contributed by atoms with Crippen molar-refractivity contribution in [2.45, 2.75) is 24.2 Å². The van der Waals surface area contributed by atoms with Crippen LogP contribution < -0.4 is 10.0 Å². The molecule has 1 aliphatic rings. The maximum absolute atomic E-state index is 12.8. The van der Waals surface area contributed by atoms with Crippen molar-refractivity contribution in [3.8, 4) is 0 Å². The summed E-state index contributed by atoms with van der Waals surface area (Å²) in [5.74, 6) is -0.506. The molecule has 188 valence electrons. The second kappa shape index (κ2) is 11.7. The Labute approximate surface area is 216 Å². The van der Waals surface area contributed by atoms with Gasteiger partial charge in [-0.2, -0.15) is 0 Å². The first-order valence-corrected chi connectivity index (χ1v) is 13.7. The number of nitrogens with one attached hydrogen (secondary N) is 2.